The number of rotatable bonds is 13. The minimum atomic E-state index is -1.41. The van der Waals surface area contributed by atoms with Crippen molar-refractivity contribution in [2.45, 2.75) is 64.1 Å². The van der Waals surface area contributed by atoms with Gasteiger partial charge in [0.25, 0.3) is 0 Å². The van der Waals surface area contributed by atoms with E-state index in [1.807, 2.05) is 0 Å². The average Bonchev–Trinajstić information content (AvgIpc) is 2.57. The second kappa shape index (κ2) is 12.2. The number of carbonyl (C=O) groups is 4. The fraction of sp³-hybridized carbons (Fsp3) is 0.750. The molecule has 0 aromatic rings. The van der Waals surface area contributed by atoms with E-state index >= 15 is 0 Å². The topological polar surface area (TPSA) is 185 Å². The number of hydrogen-bond donors (Lipinski definition) is 6. The zero-order valence-corrected chi connectivity index (χ0v) is 15.2. The van der Waals surface area contributed by atoms with Gasteiger partial charge in [-0.15, -0.1) is 0 Å². The smallest absolute Gasteiger partial charge is 0.326 e. The number of unbranched alkanes of at least 4 members (excludes halogenated alkanes) is 1. The van der Waals surface area contributed by atoms with Gasteiger partial charge in [0.05, 0.1) is 12.5 Å². The largest absolute Gasteiger partial charge is 0.481 e. The Morgan fingerprint density at radius 1 is 1.04 bits per heavy atom. The van der Waals surface area contributed by atoms with Gasteiger partial charge in [0.15, 0.2) is 0 Å². The van der Waals surface area contributed by atoms with Crippen LogP contribution in [0.4, 0.5) is 0 Å². The van der Waals surface area contributed by atoms with Gasteiger partial charge in [-0.25, -0.2) is 4.79 Å². The monoisotopic (exact) mass is 374 g/mol. The first-order valence-corrected chi connectivity index (χ1v) is 8.64. The van der Waals surface area contributed by atoms with Crippen molar-refractivity contribution < 1.29 is 29.4 Å². The van der Waals surface area contributed by atoms with Crippen LogP contribution in [0.15, 0.2) is 0 Å². The summed E-state index contributed by atoms with van der Waals surface area (Å²) in [5.74, 6) is -4.44. The highest BCUT2D eigenvalue weighted by Gasteiger charge is 2.31. The molecule has 0 aliphatic carbocycles. The van der Waals surface area contributed by atoms with E-state index in [1.165, 1.54) is 0 Å². The molecule has 0 saturated carbocycles. The van der Waals surface area contributed by atoms with Crippen molar-refractivity contribution in [3.63, 3.8) is 0 Å². The van der Waals surface area contributed by atoms with Crippen LogP contribution in [-0.4, -0.2) is 58.6 Å². The fourth-order valence-corrected chi connectivity index (χ4v) is 2.24. The first-order chi connectivity index (χ1) is 12.1. The Balaban J connectivity index is 5.00. The fourth-order valence-electron chi connectivity index (χ4n) is 2.24. The lowest BCUT2D eigenvalue weighted by molar-refractivity contribution is -0.144. The molecule has 0 aromatic heterocycles. The molecule has 0 aliphatic rings. The van der Waals surface area contributed by atoms with Crippen molar-refractivity contribution in [1.29, 1.82) is 0 Å². The minimum Gasteiger partial charge on any atom is -0.481 e. The number of hydrogen-bond acceptors (Lipinski definition) is 6. The van der Waals surface area contributed by atoms with Crippen molar-refractivity contribution in [1.82, 2.24) is 10.6 Å². The van der Waals surface area contributed by atoms with Crippen LogP contribution in [0.25, 0.3) is 0 Å². The molecule has 0 radical (unpaired) electrons. The predicted molar refractivity (Wildman–Crippen MR) is 94.1 cm³/mol. The molecule has 0 bridgehead atoms. The van der Waals surface area contributed by atoms with Crippen LogP contribution < -0.4 is 22.1 Å². The first kappa shape index (κ1) is 23.8. The quantitative estimate of drug-likeness (QED) is 0.222. The first-order valence-electron chi connectivity index (χ1n) is 8.64. The van der Waals surface area contributed by atoms with Gasteiger partial charge in [-0.3, -0.25) is 14.4 Å². The zero-order chi connectivity index (χ0) is 20.3. The average molecular weight is 374 g/mol. The zero-order valence-electron chi connectivity index (χ0n) is 15.2. The number of carbonyl (C=O) groups excluding carboxylic acids is 2. The van der Waals surface area contributed by atoms with Gasteiger partial charge in [0.2, 0.25) is 11.8 Å². The molecule has 0 saturated heterocycles. The van der Waals surface area contributed by atoms with Gasteiger partial charge >= 0.3 is 11.9 Å². The van der Waals surface area contributed by atoms with Crippen LogP contribution >= 0.6 is 0 Å². The van der Waals surface area contributed by atoms with Gasteiger partial charge in [0, 0.05) is 0 Å². The SMILES string of the molecule is CCC(C)C(NC(=O)C(CC(=O)O)NC(=O)C(N)CCCCN)C(=O)O. The number of nitrogens with two attached hydrogens (primary N) is 2. The second-order valence-electron chi connectivity index (χ2n) is 6.26. The summed E-state index contributed by atoms with van der Waals surface area (Å²) in [4.78, 5) is 46.7. The highest BCUT2D eigenvalue weighted by Crippen LogP contribution is 2.09. The van der Waals surface area contributed by atoms with Crippen molar-refractivity contribution in [2.24, 2.45) is 17.4 Å². The van der Waals surface area contributed by atoms with Crippen LogP contribution in [0, 0.1) is 5.92 Å². The molecule has 0 spiro atoms. The Hall–Kier alpha value is -2.20. The molecule has 0 aromatic carbocycles. The Kier molecular flexibility index (Phi) is 11.2. The van der Waals surface area contributed by atoms with Gasteiger partial charge in [-0.1, -0.05) is 26.7 Å². The van der Waals surface area contributed by atoms with Crippen LogP contribution in [0.5, 0.6) is 0 Å². The van der Waals surface area contributed by atoms with E-state index in [-0.39, 0.29) is 5.92 Å². The molecule has 4 unspecified atom stereocenters. The summed E-state index contributed by atoms with van der Waals surface area (Å²) >= 11 is 0. The third kappa shape index (κ3) is 8.77. The highest BCUT2D eigenvalue weighted by atomic mass is 16.4. The second-order valence-corrected chi connectivity index (χ2v) is 6.26. The normalized spacial score (nSPS) is 15.4. The third-order valence-corrected chi connectivity index (χ3v) is 4.09. The van der Waals surface area contributed by atoms with Crippen molar-refractivity contribution >= 4 is 23.8 Å². The number of amides is 2. The molecule has 8 N–H and O–H groups in total. The summed E-state index contributed by atoms with van der Waals surface area (Å²) in [5, 5.41) is 22.8. The van der Waals surface area contributed by atoms with Gasteiger partial charge in [-0.2, -0.15) is 0 Å². The molecule has 150 valence electrons. The molecule has 4 atom stereocenters. The lowest BCUT2D eigenvalue weighted by Crippen LogP contribution is -2.56. The molecule has 26 heavy (non-hydrogen) atoms. The van der Waals surface area contributed by atoms with E-state index in [9.17, 15) is 24.3 Å². The lowest BCUT2D eigenvalue weighted by Gasteiger charge is -2.24. The molecule has 10 nitrogen and oxygen atoms in total. The Morgan fingerprint density at radius 3 is 2.12 bits per heavy atom. The van der Waals surface area contributed by atoms with E-state index in [2.05, 4.69) is 10.6 Å². The van der Waals surface area contributed by atoms with E-state index < -0.39 is 48.3 Å². The Labute approximate surface area is 152 Å². The van der Waals surface area contributed by atoms with Crippen LogP contribution in [0.2, 0.25) is 0 Å². The summed E-state index contributed by atoms with van der Waals surface area (Å²) in [7, 11) is 0. The van der Waals surface area contributed by atoms with Crippen molar-refractivity contribution in [3.8, 4) is 0 Å². The highest BCUT2D eigenvalue weighted by molar-refractivity contribution is 5.93. The number of carboxylic acids is 2. The van der Waals surface area contributed by atoms with E-state index in [1.54, 1.807) is 13.8 Å². The Morgan fingerprint density at radius 2 is 1.65 bits per heavy atom. The lowest BCUT2D eigenvalue weighted by atomic mass is 9.98. The summed E-state index contributed by atoms with van der Waals surface area (Å²) in [6.07, 6.45) is 1.47. The van der Waals surface area contributed by atoms with Gasteiger partial charge < -0.3 is 32.3 Å². The molecule has 0 aliphatic heterocycles. The molecule has 0 rings (SSSR count). The summed E-state index contributed by atoms with van der Waals surface area (Å²) < 4.78 is 0. The number of nitrogens with one attached hydrogen (secondary N) is 2. The van der Waals surface area contributed by atoms with Crippen LogP contribution in [0.1, 0.15) is 46.0 Å². The third-order valence-electron chi connectivity index (χ3n) is 4.09. The molecular weight excluding hydrogens is 344 g/mol. The van der Waals surface area contributed by atoms with Crippen molar-refractivity contribution in [3.05, 3.63) is 0 Å². The van der Waals surface area contributed by atoms with E-state index in [0.29, 0.717) is 32.2 Å². The maximum absolute atomic E-state index is 12.3. The van der Waals surface area contributed by atoms with E-state index in [0.717, 1.165) is 0 Å². The molecular formula is C16H30N4O6. The Bertz CT molecular complexity index is 499. The molecule has 0 heterocycles. The van der Waals surface area contributed by atoms with Gasteiger partial charge in [-0.05, 0) is 25.3 Å². The molecule has 10 heteroatoms. The maximum Gasteiger partial charge on any atom is 0.326 e. The predicted octanol–water partition coefficient (Wildman–Crippen LogP) is -0.982. The maximum atomic E-state index is 12.3. The summed E-state index contributed by atoms with van der Waals surface area (Å²) in [5.41, 5.74) is 11.1. The van der Waals surface area contributed by atoms with Crippen LogP contribution in [-0.2, 0) is 19.2 Å². The summed E-state index contributed by atoms with van der Waals surface area (Å²) in [6.45, 7) is 3.88. The molecule has 0 fully saturated rings. The van der Waals surface area contributed by atoms with Crippen LogP contribution in [0.3, 0.4) is 0 Å². The van der Waals surface area contributed by atoms with Gasteiger partial charge in [0.1, 0.15) is 12.1 Å². The number of carboxylic acid groups (broad SMARTS) is 2. The van der Waals surface area contributed by atoms with Crippen molar-refractivity contribution in [2.75, 3.05) is 6.54 Å². The number of aliphatic carboxylic acids is 2. The molecule has 2 amide bonds. The minimum absolute atomic E-state index is 0.342. The summed E-state index contributed by atoms with van der Waals surface area (Å²) in [6, 6.07) is -3.50. The standard InChI is InChI=1S/C16H30N4O6/c1-3-9(2)13(16(25)26)20-15(24)11(8-12(21)22)19-14(23)10(18)6-4-5-7-17/h9-11,13H,3-8,17-18H2,1-2H3,(H,19,23)(H,20,24)(H,21,22)(H,25,26). The van der Waals surface area contributed by atoms with E-state index in [4.69, 9.17) is 16.6 Å².